The molecule has 1 heterocycles. The van der Waals surface area contributed by atoms with Gasteiger partial charge in [0, 0.05) is 5.56 Å². The molecule has 0 spiro atoms. The first-order valence-electron chi connectivity index (χ1n) is 8.38. The van der Waals surface area contributed by atoms with Crippen LogP contribution in [0.15, 0.2) is 42.6 Å². The second-order valence-corrected chi connectivity index (χ2v) is 5.97. The Bertz CT molecular complexity index is 545. The number of unbranched alkanes of at least 4 members (excludes halogenated alkanes) is 1. The quantitative estimate of drug-likeness (QED) is 0.628. The highest BCUT2D eigenvalue weighted by atomic mass is 16.5. The number of benzene rings is 1. The van der Waals surface area contributed by atoms with Crippen molar-refractivity contribution in [3.05, 3.63) is 48.2 Å². The largest absolute Gasteiger partial charge is 0.492 e. The molecular weight excluding hydrogens is 270 g/mol. The van der Waals surface area contributed by atoms with Crippen molar-refractivity contribution < 1.29 is 4.74 Å². The predicted octanol–water partition coefficient (Wildman–Crippen LogP) is 5.65. The lowest BCUT2D eigenvalue weighted by Gasteiger charge is -2.15. The van der Waals surface area contributed by atoms with Crippen molar-refractivity contribution in [1.82, 2.24) is 4.98 Å². The molecule has 0 bridgehead atoms. The van der Waals surface area contributed by atoms with Crippen molar-refractivity contribution in [1.29, 1.82) is 0 Å². The second-order valence-electron chi connectivity index (χ2n) is 5.97. The Kier molecular flexibility index (Phi) is 6.45. The predicted molar refractivity (Wildman–Crippen MR) is 93.2 cm³/mol. The minimum atomic E-state index is 0.650. The fourth-order valence-electron chi connectivity index (χ4n) is 2.47. The van der Waals surface area contributed by atoms with Gasteiger partial charge in [0.2, 0.25) is 0 Å². The molecule has 0 saturated heterocycles. The third-order valence-electron chi connectivity index (χ3n) is 4.11. The summed E-state index contributed by atoms with van der Waals surface area (Å²) in [6, 6.07) is 12.5. The normalized spacial score (nSPS) is 12.1. The van der Waals surface area contributed by atoms with Gasteiger partial charge in [0.25, 0.3) is 0 Å². The number of pyridine rings is 1. The maximum atomic E-state index is 5.90. The summed E-state index contributed by atoms with van der Waals surface area (Å²) in [7, 11) is 0. The van der Waals surface area contributed by atoms with E-state index < -0.39 is 0 Å². The highest BCUT2D eigenvalue weighted by Gasteiger charge is 2.07. The number of aromatic nitrogens is 1. The number of hydrogen-bond acceptors (Lipinski definition) is 2. The average molecular weight is 297 g/mol. The topological polar surface area (TPSA) is 22.1 Å². The van der Waals surface area contributed by atoms with Gasteiger partial charge in [-0.2, -0.15) is 0 Å². The van der Waals surface area contributed by atoms with E-state index in [4.69, 9.17) is 4.74 Å². The number of rotatable bonds is 8. The van der Waals surface area contributed by atoms with Gasteiger partial charge in [-0.25, -0.2) is 0 Å². The maximum absolute atomic E-state index is 5.90. The molecule has 0 amide bonds. The van der Waals surface area contributed by atoms with Crippen molar-refractivity contribution in [2.75, 3.05) is 6.61 Å². The van der Waals surface area contributed by atoms with Crippen LogP contribution in [0.5, 0.6) is 5.75 Å². The molecule has 1 aromatic carbocycles. The Balaban J connectivity index is 1.92. The molecule has 1 unspecified atom stereocenters. The zero-order valence-corrected chi connectivity index (χ0v) is 14.0. The van der Waals surface area contributed by atoms with Gasteiger partial charge < -0.3 is 4.74 Å². The molecule has 2 nitrogen and oxygen atoms in total. The van der Waals surface area contributed by atoms with Crippen LogP contribution in [0.2, 0.25) is 0 Å². The van der Waals surface area contributed by atoms with E-state index in [1.807, 2.05) is 18.3 Å². The summed E-state index contributed by atoms with van der Waals surface area (Å²) in [5.74, 6) is 1.52. The minimum absolute atomic E-state index is 0.650. The minimum Gasteiger partial charge on any atom is -0.492 e. The van der Waals surface area contributed by atoms with E-state index in [1.165, 1.54) is 31.2 Å². The highest BCUT2D eigenvalue weighted by Crippen LogP contribution is 2.21. The van der Waals surface area contributed by atoms with Gasteiger partial charge in [-0.1, -0.05) is 62.9 Å². The molecule has 1 atom stereocenters. The SMILES string of the molecule is CCCCC(CC)COc1ccc(-c2ccc(C)cc2)nc1. The van der Waals surface area contributed by atoms with Crippen molar-refractivity contribution in [3.63, 3.8) is 0 Å². The van der Waals surface area contributed by atoms with E-state index in [1.54, 1.807) is 0 Å². The fourth-order valence-corrected chi connectivity index (χ4v) is 2.47. The number of aryl methyl sites for hydroxylation is 1. The molecule has 0 aliphatic heterocycles. The number of ether oxygens (including phenoxy) is 1. The first-order valence-corrected chi connectivity index (χ1v) is 8.38. The Morgan fingerprint density at radius 1 is 1.05 bits per heavy atom. The average Bonchev–Trinajstić information content (AvgIpc) is 2.56. The molecule has 1 aromatic heterocycles. The van der Waals surface area contributed by atoms with Crippen LogP contribution in [0, 0.1) is 12.8 Å². The van der Waals surface area contributed by atoms with Gasteiger partial charge >= 0.3 is 0 Å². The Labute approximate surface area is 134 Å². The van der Waals surface area contributed by atoms with Gasteiger partial charge in [-0.15, -0.1) is 0 Å². The summed E-state index contributed by atoms with van der Waals surface area (Å²) in [6.07, 6.45) is 6.80. The molecule has 2 rings (SSSR count). The van der Waals surface area contributed by atoms with Gasteiger partial charge in [0.15, 0.2) is 0 Å². The Hall–Kier alpha value is -1.83. The molecule has 0 saturated carbocycles. The van der Waals surface area contributed by atoms with E-state index >= 15 is 0 Å². The number of nitrogens with zero attached hydrogens (tertiary/aromatic N) is 1. The standard InChI is InChI=1S/C20H27NO/c1-4-6-7-17(5-2)15-22-19-12-13-20(21-14-19)18-10-8-16(3)9-11-18/h8-14,17H,4-7,15H2,1-3H3. The van der Waals surface area contributed by atoms with Crippen LogP contribution in [-0.2, 0) is 0 Å². The van der Waals surface area contributed by atoms with Gasteiger partial charge in [0.05, 0.1) is 18.5 Å². The third kappa shape index (κ3) is 4.87. The zero-order chi connectivity index (χ0) is 15.8. The lowest BCUT2D eigenvalue weighted by Crippen LogP contribution is -2.11. The van der Waals surface area contributed by atoms with Crippen LogP contribution >= 0.6 is 0 Å². The molecule has 2 heteroatoms. The van der Waals surface area contributed by atoms with E-state index in [0.717, 1.165) is 23.6 Å². The summed E-state index contributed by atoms with van der Waals surface area (Å²) in [6.45, 7) is 7.36. The van der Waals surface area contributed by atoms with E-state index in [9.17, 15) is 0 Å². The van der Waals surface area contributed by atoms with Gasteiger partial charge in [-0.3, -0.25) is 4.98 Å². The van der Waals surface area contributed by atoms with Crippen LogP contribution in [0.3, 0.4) is 0 Å². The molecule has 118 valence electrons. The van der Waals surface area contributed by atoms with E-state index in [2.05, 4.69) is 50.0 Å². The number of hydrogen-bond donors (Lipinski definition) is 0. The van der Waals surface area contributed by atoms with Crippen molar-refractivity contribution >= 4 is 0 Å². The molecule has 0 N–H and O–H groups in total. The van der Waals surface area contributed by atoms with Gasteiger partial charge in [-0.05, 0) is 31.4 Å². The molecule has 0 aliphatic carbocycles. The van der Waals surface area contributed by atoms with Crippen molar-refractivity contribution in [3.8, 4) is 17.0 Å². The summed E-state index contributed by atoms with van der Waals surface area (Å²) in [5, 5.41) is 0. The van der Waals surface area contributed by atoms with Crippen LogP contribution in [0.25, 0.3) is 11.3 Å². The molecule has 22 heavy (non-hydrogen) atoms. The fraction of sp³-hybridized carbons (Fsp3) is 0.450. The first-order chi connectivity index (χ1) is 10.7. The van der Waals surface area contributed by atoms with Crippen LogP contribution in [0.4, 0.5) is 0 Å². The summed E-state index contributed by atoms with van der Waals surface area (Å²) < 4.78 is 5.90. The molecule has 2 aromatic rings. The zero-order valence-electron chi connectivity index (χ0n) is 14.0. The molecule has 0 fully saturated rings. The van der Waals surface area contributed by atoms with E-state index in [0.29, 0.717) is 5.92 Å². The Morgan fingerprint density at radius 3 is 2.41 bits per heavy atom. The molecular formula is C20H27NO. The monoisotopic (exact) mass is 297 g/mol. The molecule has 0 radical (unpaired) electrons. The first kappa shape index (κ1) is 16.5. The maximum Gasteiger partial charge on any atom is 0.137 e. The van der Waals surface area contributed by atoms with Crippen molar-refractivity contribution in [2.45, 2.75) is 46.5 Å². The second kappa shape index (κ2) is 8.57. The van der Waals surface area contributed by atoms with Crippen LogP contribution in [0.1, 0.15) is 45.1 Å². The lowest BCUT2D eigenvalue weighted by atomic mass is 10.0. The van der Waals surface area contributed by atoms with Crippen LogP contribution in [-0.4, -0.2) is 11.6 Å². The highest BCUT2D eigenvalue weighted by molar-refractivity contribution is 5.59. The third-order valence-corrected chi connectivity index (χ3v) is 4.11. The Morgan fingerprint density at radius 2 is 1.82 bits per heavy atom. The van der Waals surface area contributed by atoms with Crippen LogP contribution < -0.4 is 4.74 Å². The van der Waals surface area contributed by atoms with Gasteiger partial charge in [0.1, 0.15) is 5.75 Å². The molecule has 0 aliphatic rings. The lowest BCUT2D eigenvalue weighted by molar-refractivity contribution is 0.232. The van der Waals surface area contributed by atoms with Crippen molar-refractivity contribution in [2.24, 2.45) is 5.92 Å². The summed E-state index contributed by atoms with van der Waals surface area (Å²) in [5.41, 5.74) is 3.40. The smallest absolute Gasteiger partial charge is 0.137 e. The summed E-state index contributed by atoms with van der Waals surface area (Å²) in [4.78, 5) is 4.52. The van der Waals surface area contributed by atoms with E-state index in [-0.39, 0.29) is 0 Å². The summed E-state index contributed by atoms with van der Waals surface area (Å²) >= 11 is 0.